The average molecular weight is 308 g/mol. The quantitative estimate of drug-likeness (QED) is 0.927. The van der Waals surface area contributed by atoms with Crippen LogP contribution in [0.4, 0.5) is 0 Å². The number of aliphatic carboxylic acids is 1. The summed E-state index contributed by atoms with van der Waals surface area (Å²) in [6, 6.07) is 8.16. The van der Waals surface area contributed by atoms with Gasteiger partial charge in [0.15, 0.2) is 0 Å². The smallest absolute Gasteiger partial charge is 0.317 e. The molecule has 1 N–H and O–H groups in total. The lowest BCUT2D eigenvalue weighted by molar-refractivity contribution is -0.138. The Hall–Kier alpha value is -1.06. The number of fused-ring (bicyclic) bond motifs is 1. The summed E-state index contributed by atoms with van der Waals surface area (Å²) in [5.41, 5.74) is 1.35. The predicted octanol–water partition coefficient (Wildman–Crippen LogP) is 3.32. The molecule has 0 unspecified atom stereocenters. The Bertz CT molecular complexity index is 502. The van der Waals surface area contributed by atoms with Gasteiger partial charge in [0.2, 0.25) is 0 Å². The van der Waals surface area contributed by atoms with Crippen LogP contribution >= 0.6 is 11.6 Å². The molecule has 0 aromatic heterocycles. The molecule has 3 atom stereocenters. The highest BCUT2D eigenvalue weighted by Crippen LogP contribution is 2.41. The van der Waals surface area contributed by atoms with Crippen LogP contribution in [0.25, 0.3) is 0 Å². The Morgan fingerprint density at radius 2 is 2.00 bits per heavy atom. The Labute approximate surface area is 130 Å². The van der Waals surface area contributed by atoms with Crippen LogP contribution in [-0.2, 0) is 11.2 Å². The zero-order chi connectivity index (χ0) is 14.8. The van der Waals surface area contributed by atoms with Crippen molar-refractivity contribution in [3.05, 3.63) is 34.9 Å². The Morgan fingerprint density at radius 3 is 2.71 bits per heavy atom. The van der Waals surface area contributed by atoms with E-state index in [0.29, 0.717) is 17.8 Å². The van der Waals surface area contributed by atoms with Gasteiger partial charge in [0.25, 0.3) is 0 Å². The first-order valence-electron chi connectivity index (χ1n) is 7.80. The van der Waals surface area contributed by atoms with Gasteiger partial charge in [0.1, 0.15) is 0 Å². The highest BCUT2D eigenvalue weighted by Gasteiger charge is 2.40. The number of rotatable bonds is 4. The van der Waals surface area contributed by atoms with Gasteiger partial charge in [-0.1, -0.05) is 30.2 Å². The van der Waals surface area contributed by atoms with E-state index >= 15 is 0 Å². The van der Waals surface area contributed by atoms with Gasteiger partial charge >= 0.3 is 5.97 Å². The minimum atomic E-state index is -0.706. The molecule has 1 aromatic rings. The van der Waals surface area contributed by atoms with Crippen molar-refractivity contribution < 1.29 is 9.90 Å². The van der Waals surface area contributed by atoms with Gasteiger partial charge in [-0.25, -0.2) is 0 Å². The molecule has 1 aliphatic heterocycles. The van der Waals surface area contributed by atoms with E-state index < -0.39 is 5.97 Å². The van der Waals surface area contributed by atoms with Gasteiger partial charge in [0, 0.05) is 18.1 Å². The first-order chi connectivity index (χ1) is 10.1. The monoisotopic (exact) mass is 307 g/mol. The van der Waals surface area contributed by atoms with E-state index in [1.807, 2.05) is 12.1 Å². The molecule has 4 heteroatoms. The maximum absolute atomic E-state index is 10.9. The largest absolute Gasteiger partial charge is 0.480 e. The van der Waals surface area contributed by atoms with Gasteiger partial charge in [0.05, 0.1) is 6.54 Å². The van der Waals surface area contributed by atoms with Crippen LogP contribution in [0.3, 0.4) is 0 Å². The zero-order valence-corrected chi connectivity index (χ0v) is 12.9. The maximum atomic E-state index is 10.9. The number of nitrogens with zero attached hydrogens (tertiary/aromatic N) is 1. The number of carbonyl (C=O) groups is 1. The summed E-state index contributed by atoms with van der Waals surface area (Å²) in [5, 5.41) is 9.77. The maximum Gasteiger partial charge on any atom is 0.317 e. The van der Waals surface area contributed by atoms with Crippen LogP contribution in [0.5, 0.6) is 0 Å². The van der Waals surface area contributed by atoms with E-state index in [1.54, 1.807) is 0 Å². The van der Waals surface area contributed by atoms with E-state index in [4.69, 9.17) is 16.7 Å². The molecule has 114 valence electrons. The van der Waals surface area contributed by atoms with Gasteiger partial charge in [-0.15, -0.1) is 0 Å². The van der Waals surface area contributed by atoms with Gasteiger partial charge < -0.3 is 5.11 Å². The number of halogens is 1. The van der Waals surface area contributed by atoms with Crippen molar-refractivity contribution >= 4 is 17.6 Å². The third-order valence-electron chi connectivity index (χ3n) is 5.09. The molecule has 2 aliphatic rings. The van der Waals surface area contributed by atoms with Gasteiger partial charge in [-0.2, -0.15) is 0 Å². The lowest BCUT2D eigenvalue weighted by atomic mass is 9.71. The van der Waals surface area contributed by atoms with E-state index in [2.05, 4.69) is 17.0 Å². The highest BCUT2D eigenvalue weighted by molar-refractivity contribution is 6.30. The number of likely N-dealkylation sites (tertiary alicyclic amines) is 1. The van der Waals surface area contributed by atoms with Crippen LogP contribution in [0.2, 0.25) is 5.02 Å². The van der Waals surface area contributed by atoms with Crippen LogP contribution in [0, 0.1) is 17.8 Å². The molecular formula is C17H22ClNO2. The fraction of sp³-hybridized carbons (Fsp3) is 0.588. The summed E-state index contributed by atoms with van der Waals surface area (Å²) in [6.07, 6.45) is 4.90. The number of hydrogen-bond acceptors (Lipinski definition) is 2. The summed E-state index contributed by atoms with van der Waals surface area (Å²) in [6.45, 7) is 2.12. The summed E-state index contributed by atoms with van der Waals surface area (Å²) in [5.74, 6) is 1.33. The molecule has 0 amide bonds. The third kappa shape index (κ3) is 3.58. The molecule has 3 rings (SSSR count). The molecule has 1 aliphatic carbocycles. The van der Waals surface area contributed by atoms with Crippen LogP contribution in [-0.4, -0.2) is 35.6 Å². The van der Waals surface area contributed by atoms with E-state index in [9.17, 15) is 4.79 Å². The fourth-order valence-electron chi connectivity index (χ4n) is 4.18. The number of carboxylic acids is 1. The molecule has 1 heterocycles. The fourth-order valence-corrected chi connectivity index (χ4v) is 4.31. The summed E-state index contributed by atoms with van der Waals surface area (Å²) < 4.78 is 0. The standard InChI is InChI=1S/C17H22ClNO2/c18-15-6-4-12(5-7-15)8-13-2-1-3-14-9-19(10-16(13)14)11-17(20)21/h4-7,13-14,16H,1-3,8-11H2,(H,20,21)/t13-,14-,16-/m1/s1. The molecule has 0 radical (unpaired) electrons. The second-order valence-electron chi connectivity index (χ2n) is 6.53. The van der Waals surface area contributed by atoms with Gasteiger partial charge in [-0.05, 0) is 54.7 Å². The minimum absolute atomic E-state index is 0.195. The van der Waals surface area contributed by atoms with Crippen molar-refractivity contribution in [3.63, 3.8) is 0 Å². The van der Waals surface area contributed by atoms with Crippen molar-refractivity contribution in [2.45, 2.75) is 25.7 Å². The first-order valence-corrected chi connectivity index (χ1v) is 8.18. The topological polar surface area (TPSA) is 40.5 Å². The van der Waals surface area contributed by atoms with Crippen molar-refractivity contribution in [1.29, 1.82) is 0 Å². The second-order valence-corrected chi connectivity index (χ2v) is 6.97. The molecule has 0 spiro atoms. The molecule has 3 nitrogen and oxygen atoms in total. The average Bonchev–Trinajstić information content (AvgIpc) is 2.84. The molecule has 2 fully saturated rings. The molecule has 0 bridgehead atoms. The van der Waals surface area contributed by atoms with Crippen LogP contribution < -0.4 is 0 Å². The van der Waals surface area contributed by atoms with Crippen molar-refractivity contribution in [3.8, 4) is 0 Å². The van der Waals surface area contributed by atoms with Gasteiger partial charge in [-0.3, -0.25) is 9.69 Å². The summed E-state index contributed by atoms with van der Waals surface area (Å²) in [4.78, 5) is 13.0. The number of benzene rings is 1. The highest BCUT2D eigenvalue weighted by atomic mass is 35.5. The SMILES string of the molecule is O=C(O)CN1C[C@H]2CCC[C@H](Cc3ccc(Cl)cc3)[C@H]2C1. The predicted molar refractivity (Wildman–Crippen MR) is 83.6 cm³/mol. The molecular weight excluding hydrogens is 286 g/mol. The molecule has 1 saturated carbocycles. The van der Waals surface area contributed by atoms with E-state index in [1.165, 1.54) is 24.8 Å². The minimum Gasteiger partial charge on any atom is -0.480 e. The zero-order valence-electron chi connectivity index (χ0n) is 12.2. The number of carboxylic acid groups (broad SMARTS) is 1. The number of hydrogen-bond donors (Lipinski definition) is 1. The molecule has 21 heavy (non-hydrogen) atoms. The Balaban J connectivity index is 1.65. The lowest BCUT2D eigenvalue weighted by Gasteiger charge is -2.33. The van der Waals surface area contributed by atoms with Crippen LogP contribution in [0.1, 0.15) is 24.8 Å². The first kappa shape index (κ1) is 14.9. The van der Waals surface area contributed by atoms with Crippen molar-refractivity contribution in [1.82, 2.24) is 4.90 Å². The van der Waals surface area contributed by atoms with E-state index in [-0.39, 0.29) is 6.54 Å². The van der Waals surface area contributed by atoms with Crippen molar-refractivity contribution in [2.24, 2.45) is 17.8 Å². The Morgan fingerprint density at radius 1 is 1.24 bits per heavy atom. The molecule has 1 aromatic carbocycles. The third-order valence-corrected chi connectivity index (χ3v) is 5.34. The van der Waals surface area contributed by atoms with Crippen molar-refractivity contribution in [2.75, 3.05) is 19.6 Å². The molecule has 1 saturated heterocycles. The summed E-state index contributed by atoms with van der Waals surface area (Å²) >= 11 is 5.95. The van der Waals surface area contributed by atoms with E-state index in [0.717, 1.165) is 24.5 Å². The normalized spacial score (nSPS) is 29.3. The summed E-state index contributed by atoms with van der Waals surface area (Å²) in [7, 11) is 0. The lowest BCUT2D eigenvalue weighted by Crippen LogP contribution is -2.30. The Kier molecular flexibility index (Phi) is 4.51. The van der Waals surface area contributed by atoms with Crippen LogP contribution in [0.15, 0.2) is 24.3 Å². The second kappa shape index (κ2) is 6.37.